The van der Waals surface area contributed by atoms with E-state index in [0.717, 1.165) is 35.1 Å². The van der Waals surface area contributed by atoms with Crippen LogP contribution < -0.4 is 5.32 Å². The van der Waals surface area contributed by atoms with Crippen LogP contribution in [-0.4, -0.2) is 40.2 Å². The molecule has 2 rings (SSSR count). The number of anilines is 1. The fraction of sp³-hybridized carbons (Fsp3) is 0.471. The van der Waals surface area contributed by atoms with Gasteiger partial charge in [-0.15, -0.1) is 0 Å². The molecule has 1 aromatic rings. The van der Waals surface area contributed by atoms with E-state index in [1.807, 2.05) is 50.8 Å². The van der Waals surface area contributed by atoms with Crippen LogP contribution >= 0.6 is 11.8 Å². The minimum Gasteiger partial charge on any atom is -0.352 e. The molecule has 1 N–H and O–H groups in total. The van der Waals surface area contributed by atoms with Gasteiger partial charge in [0.05, 0.1) is 0 Å². The van der Waals surface area contributed by atoms with Crippen LogP contribution in [0.1, 0.15) is 31.4 Å². The van der Waals surface area contributed by atoms with Crippen LogP contribution in [0.3, 0.4) is 0 Å². The van der Waals surface area contributed by atoms with Crippen molar-refractivity contribution in [1.29, 1.82) is 0 Å². The van der Waals surface area contributed by atoms with Crippen LogP contribution in [0.15, 0.2) is 23.2 Å². The van der Waals surface area contributed by atoms with E-state index in [9.17, 15) is 9.59 Å². The maximum Gasteiger partial charge on any atom is 0.262 e. The van der Waals surface area contributed by atoms with E-state index in [4.69, 9.17) is 0 Å². The van der Waals surface area contributed by atoms with Gasteiger partial charge in [-0.25, -0.2) is 0 Å². The Hall–Kier alpha value is -1.82. The highest BCUT2D eigenvalue weighted by Gasteiger charge is 2.32. The summed E-state index contributed by atoms with van der Waals surface area (Å²) in [6.07, 6.45) is 0.144. The minimum atomic E-state index is -0.421. The van der Waals surface area contributed by atoms with E-state index in [-0.39, 0.29) is 18.2 Å². The van der Waals surface area contributed by atoms with E-state index in [1.165, 1.54) is 11.8 Å². The molecule has 0 aromatic heterocycles. The molecule has 1 aliphatic rings. The van der Waals surface area contributed by atoms with E-state index in [2.05, 4.69) is 10.3 Å². The summed E-state index contributed by atoms with van der Waals surface area (Å²) in [4.78, 5) is 30.4. The summed E-state index contributed by atoms with van der Waals surface area (Å²) in [5, 5.41) is 3.23. The quantitative estimate of drug-likeness (QED) is 0.900. The minimum absolute atomic E-state index is 0.144. The largest absolute Gasteiger partial charge is 0.352 e. The van der Waals surface area contributed by atoms with Crippen LogP contribution in [-0.2, 0) is 9.59 Å². The SMILES string of the molecule is CCN(CC)C1=NC(=O)C(CC(=O)Nc2c(C)cccc2C)S1. The van der Waals surface area contributed by atoms with Crippen LogP contribution in [0.2, 0.25) is 0 Å². The Morgan fingerprint density at radius 2 is 1.87 bits per heavy atom. The second-order valence-electron chi connectivity index (χ2n) is 5.53. The zero-order chi connectivity index (χ0) is 17.0. The number of nitrogens with one attached hydrogen (secondary N) is 1. The van der Waals surface area contributed by atoms with Crippen molar-refractivity contribution in [3.63, 3.8) is 0 Å². The summed E-state index contributed by atoms with van der Waals surface area (Å²) in [7, 11) is 0. The standard InChI is InChI=1S/C17H23N3O2S/c1-5-20(6-2)17-19-16(22)13(23-17)10-14(21)18-15-11(3)8-7-9-12(15)4/h7-9,13H,5-6,10H2,1-4H3,(H,18,21). The molecule has 124 valence electrons. The summed E-state index contributed by atoms with van der Waals surface area (Å²) in [6, 6.07) is 5.88. The zero-order valence-corrected chi connectivity index (χ0v) is 14.9. The summed E-state index contributed by atoms with van der Waals surface area (Å²) < 4.78 is 0. The van der Waals surface area contributed by atoms with Crippen LogP contribution in [0.25, 0.3) is 0 Å². The van der Waals surface area contributed by atoms with Gasteiger partial charge in [0, 0.05) is 25.2 Å². The Kier molecular flexibility index (Phi) is 5.82. The van der Waals surface area contributed by atoms with Crippen molar-refractivity contribution < 1.29 is 9.59 Å². The zero-order valence-electron chi connectivity index (χ0n) is 14.0. The van der Waals surface area contributed by atoms with Gasteiger partial charge in [0.15, 0.2) is 5.17 Å². The number of aliphatic imine (C=N–C) groups is 1. The number of amides is 2. The van der Waals surface area contributed by atoms with Gasteiger partial charge < -0.3 is 10.2 Å². The third-order valence-corrected chi connectivity index (χ3v) is 5.09. The third-order valence-electron chi connectivity index (χ3n) is 3.88. The number of hydrogen-bond acceptors (Lipinski definition) is 4. The molecule has 0 fully saturated rings. The topological polar surface area (TPSA) is 61.8 Å². The van der Waals surface area contributed by atoms with Crippen molar-refractivity contribution in [2.75, 3.05) is 18.4 Å². The number of carbonyl (C=O) groups excluding carboxylic acids is 2. The van der Waals surface area contributed by atoms with E-state index in [0.29, 0.717) is 0 Å². The Morgan fingerprint density at radius 3 is 2.43 bits per heavy atom. The van der Waals surface area contributed by atoms with Crippen LogP contribution in [0.5, 0.6) is 0 Å². The number of nitrogens with zero attached hydrogens (tertiary/aromatic N) is 2. The molecule has 0 bridgehead atoms. The molecule has 2 amide bonds. The lowest BCUT2D eigenvalue weighted by Gasteiger charge is -2.19. The lowest BCUT2D eigenvalue weighted by atomic mass is 10.1. The molecule has 6 heteroatoms. The van der Waals surface area contributed by atoms with E-state index in [1.54, 1.807) is 0 Å². The lowest BCUT2D eigenvalue weighted by Crippen LogP contribution is -2.28. The molecular formula is C17H23N3O2S. The van der Waals surface area contributed by atoms with Crippen LogP contribution in [0.4, 0.5) is 5.69 Å². The summed E-state index contributed by atoms with van der Waals surface area (Å²) >= 11 is 1.39. The maximum atomic E-state index is 12.3. The first kappa shape index (κ1) is 17.5. The highest BCUT2D eigenvalue weighted by atomic mass is 32.2. The van der Waals surface area contributed by atoms with Crippen molar-refractivity contribution >= 4 is 34.4 Å². The van der Waals surface area contributed by atoms with Gasteiger partial charge in [-0.05, 0) is 38.8 Å². The highest BCUT2D eigenvalue weighted by Crippen LogP contribution is 2.28. The first-order valence-electron chi connectivity index (χ1n) is 7.86. The van der Waals surface area contributed by atoms with E-state index >= 15 is 0 Å². The first-order valence-corrected chi connectivity index (χ1v) is 8.74. The maximum absolute atomic E-state index is 12.3. The van der Waals surface area contributed by atoms with Gasteiger partial charge in [-0.3, -0.25) is 9.59 Å². The molecule has 0 spiro atoms. The molecule has 0 radical (unpaired) electrons. The number of thioether (sulfide) groups is 1. The molecule has 23 heavy (non-hydrogen) atoms. The molecule has 0 saturated heterocycles. The Morgan fingerprint density at radius 1 is 1.26 bits per heavy atom. The highest BCUT2D eigenvalue weighted by molar-refractivity contribution is 8.15. The number of para-hydroxylation sites is 1. The molecule has 1 aromatic carbocycles. The Labute approximate surface area is 141 Å². The number of aryl methyl sites for hydroxylation is 2. The number of benzene rings is 1. The molecule has 0 aliphatic carbocycles. The van der Waals surface area contributed by atoms with Gasteiger partial charge in [0.25, 0.3) is 5.91 Å². The summed E-state index contributed by atoms with van der Waals surface area (Å²) in [6.45, 7) is 9.57. The van der Waals surface area contributed by atoms with Gasteiger partial charge in [0.1, 0.15) is 5.25 Å². The smallest absolute Gasteiger partial charge is 0.262 e. The monoisotopic (exact) mass is 333 g/mol. The molecule has 1 unspecified atom stereocenters. The number of rotatable bonds is 5. The first-order chi connectivity index (χ1) is 11.0. The van der Waals surface area contributed by atoms with Crippen molar-refractivity contribution in [3.05, 3.63) is 29.3 Å². The summed E-state index contributed by atoms with van der Waals surface area (Å²) in [5.74, 6) is -0.363. The Bertz CT molecular complexity index is 618. The molecule has 1 aliphatic heterocycles. The van der Waals surface area contributed by atoms with Crippen LogP contribution in [0, 0.1) is 13.8 Å². The second kappa shape index (κ2) is 7.64. The molecule has 0 saturated carbocycles. The van der Waals surface area contributed by atoms with Crippen molar-refractivity contribution in [1.82, 2.24) is 4.90 Å². The van der Waals surface area contributed by atoms with Crippen molar-refractivity contribution in [2.45, 2.75) is 39.4 Å². The normalized spacial score (nSPS) is 17.1. The molecular weight excluding hydrogens is 310 g/mol. The summed E-state index contributed by atoms with van der Waals surface area (Å²) in [5.41, 5.74) is 2.87. The van der Waals surface area contributed by atoms with Gasteiger partial charge in [0.2, 0.25) is 5.91 Å². The van der Waals surface area contributed by atoms with E-state index < -0.39 is 5.25 Å². The second-order valence-corrected chi connectivity index (χ2v) is 6.70. The lowest BCUT2D eigenvalue weighted by molar-refractivity contribution is -0.121. The number of carbonyl (C=O) groups is 2. The number of hydrogen-bond donors (Lipinski definition) is 1. The third kappa shape index (κ3) is 4.13. The van der Waals surface area contributed by atoms with Gasteiger partial charge >= 0.3 is 0 Å². The molecule has 5 nitrogen and oxygen atoms in total. The average Bonchev–Trinajstić information content (AvgIpc) is 2.85. The van der Waals surface area contributed by atoms with Gasteiger partial charge in [-0.1, -0.05) is 30.0 Å². The van der Waals surface area contributed by atoms with Crippen molar-refractivity contribution in [3.8, 4) is 0 Å². The fourth-order valence-corrected chi connectivity index (χ4v) is 3.70. The number of amidine groups is 1. The predicted octanol–water partition coefficient (Wildman–Crippen LogP) is 2.97. The van der Waals surface area contributed by atoms with Gasteiger partial charge in [-0.2, -0.15) is 4.99 Å². The van der Waals surface area contributed by atoms with Crippen molar-refractivity contribution in [2.24, 2.45) is 4.99 Å². The average molecular weight is 333 g/mol. The Balaban J connectivity index is 1.98. The predicted molar refractivity (Wildman–Crippen MR) is 95.9 cm³/mol. The molecule has 1 heterocycles. The molecule has 1 atom stereocenters. The fourth-order valence-electron chi connectivity index (χ4n) is 2.51.